The Kier molecular flexibility index (Phi) is 2.59. The largest absolute Gasteiger partial charge is 0.462 e. The van der Waals surface area contributed by atoms with Gasteiger partial charge in [0.25, 0.3) is 0 Å². The molecule has 2 rings (SSSR count). The van der Waals surface area contributed by atoms with Crippen LogP contribution < -0.4 is 0 Å². The minimum absolute atomic E-state index is 0.173. The zero-order valence-corrected chi connectivity index (χ0v) is 10.2. The standard InChI is InChI=1S/C12H16O2S/c1-4-14-11(13)9-7-8-5-6-12(2,3)10(8)15-9/h7H,4-6H2,1-3H3. The van der Waals surface area contributed by atoms with Crippen LogP contribution in [0.3, 0.4) is 0 Å². The van der Waals surface area contributed by atoms with E-state index in [1.165, 1.54) is 16.9 Å². The predicted molar refractivity (Wildman–Crippen MR) is 61.6 cm³/mol. The number of hydrogen-bond donors (Lipinski definition) is 0. The molecule has 0 aromatic carbocycles. The third-order valence-corrected chi connectivity index (χ3v) is 4.44. The SMILES string of the molecule is CCOC(=O)c1cc2c(s1)C(C)(C)CC2. The fraction of sp³-hybridized carbons (Fsp3) is 0.583. The zero-order valence-electron chi connectivity index (χ0n) is 9.42. The summed E-state index contributed by atoms with van der Waals surface area (Å²) in [4.78, 5) is 13.7. The van der Waals surface area contributed by atoms with Gasteiger partial charge in [0.1, 0.15) is 4.88 Å². The summed E-state index contributed by atoms with van der Waals surface area (Å²) < 4.78 is 5.00. The van der Waals surface area contributed by atoms with E-state index in [0.717, 1.165) is 11.3 Å². The maximum absolute atomic E-state index is 11.5. The number of aryl methyl sites for hydroxylation is 1. The summed E-state index contributed by atoms with van der Waals surface area (Å²) in [5.74, 6) is -0.173. The topological polar surface area (TPSA) is 26.3 Å². The lowest BCUT2D eigenvalue weighted by Crippen LogP contribution is -2.10. The van der Waals surface area contributed by atoms with Gasteiger partial charge in [-0.25, -0.2) is 4.79 Å². The fourth-order valence-corrected chi connectivity index (χ4v) is 3.28. The van der Waals surface area contributed by atoms with Gasteiger partial charge >= 0.3 is 5.97 Å². The number of rotatable bonds is 2. The molecule has 0 unspecified atom stereocenters. The number of hydrogen-bond acceptors (Lipinski definition) is 3. The Bertz CT molecular complexity index is 390. The van der Waals surface area contributed by atoms with Crippen molar-refractivity contribution in [3.05, 3.63) is 21.4 Å². The van der Waals surface area contributed by atoms with Crippen LogP contribution in [0, 0.1) is 0 Å². The summed E-state index contributed by atoms with van der Waals surface area (Å²) in [6.07, 6.45) is 2.29. The first-order chi connectivity index (χ1) is 7.04. The molecule has 1 aromatic rings. The van der Waals surface area contributed by atoms with E-state index in [2.05, 4.69) is 13.8 Å². The van der Waals surface area contributed by atoms with Crippen molar-refractivity contribution < 1.29 is 9.53 Å². The van der Waals surface area contributed by atoms with Crippen LogP contribution in [0.4, 0.5) is 0 Å². The van der Waals surface area contributed by atoms with Gasteiger partial charge in [-0.2, -0.15) is 0 Å². The molecule has 0 radical (unpaired) electrons. The first-order valence-electron chi connectivity index (χ1n) is 5.35. The molecule has 0 saturated carbocycles. The van der Waals surface area contributed by atoms with E-state index >= 15 is 0 Å². The lowest BCUT2D eigenvalue weighted by molar-refractivity contribution is 0.0532. The summed E-state index contributed by atoms with van der Waals surface area (Å²) in [6, 6.07) is 2.01. The van der Waals surface area contributed by atoms with Gasteiger partial charge in [0.15, 0.2) is 0 Å². The summed E-state index contributed by atoms with van der Waals surface area (Å²) >= 11 is 1.60. The Labute approximate surface area is 94.3 Å². The van der Waals surface area contributed by atoms with Gasteiger partial charge in [-0.05, 0) is 36.8 Å². The van der Waals surface area contributed by atoms with E-state index in [9.17, 15) is 4.79 Å². The van der Waals surface area contributed by atoms with Crippen LogP contribution >= 0.6 is 11.3 Å². The molecule has 0 aliphatic heterocycles. The number of thiophene rings is 1. The third-order valence-electron chi connectivity index (χ3n) is 2.92. The highest BCUT2D eigenvalue weighted by Gasteiger charge is 2.33. The normalized spacial score (nSPS) is 17.5. The number of carbonyl (C=O) groups is 1. The van der Waals surface area contributed by atoms with Gasteiger partial charge < -0.3 is 4.74 Å². The quantitative estimate of drug-likeness (QED) is 0.721. The maximum atomic E-state index is 11.5. The Morgan fingerprint density at radius 2 is 2.33 bits per heavy atom. The molecule has 0 atom stereocenters. The summed E-state index contributed by atoms with van der Waals surface area (Å²) in [5.41, 5.74) is 1.58. The van der Waals surface area contributed by atoms with Crippen LogP contribution in [0.25, 0.3) is 0 Å². The molecule has 3 heteroatoms. The average molecular weight is 224 g/mol. The molecule has 0 fully saturated rings. The predicted octanol–water partition coefficient (Wildman–Crippen LogP) is 3.15. The second kappa shape index (κ2) is 3.63. The van der Waals surface area contributed by atoms with Crippen molar-refractivity contribution in [2.45, 2.75) is 39.0 Å². The number of fused-ring (bicyclic) bond motifs is 1. The number of ether oxygens (including phenoxy) is 1. The molecule has 0 N–H and O–H groups in total. The van der Waals surface area contributed by atoms with E-state index in [1.807, 2.05) is 13.0 Å². The van der Waals surface area contributed by atoms with Gasteiger partial charge in [0.2, 0.25) is 0 Å². The van der Waals surface area contributed by atoms with Crippen LogP contribution in [0.15, 0.2) is 6.07 Å². The second-order valence-corrected chi connectivity index (χ2v) is 5.62. The molecule has 1 aromatic heterocycles. The third kappa shape index (κ3) is 1.81. The summed E-state index contributed by atoms with van der Waals surface area (Å²) in [5, 5.41) is 0. The Balaban J connectivity index is 2.29. The minimum atomic E-state index is -0.173. The highest BCUT2D eigenvalue weighted by atomic mass is 32.1. The van der Waals surface area contributed by atoms with E-state index < -0.39 is 0 Å². The summed E-state index contributed by atoms with van der Waals surface area (Å²) in [6.45, 7) is 6.77. The van der Waals surface area contributed by atoms with Gasteiger partial charge in [-0.1, -0.05) is 13.8 Å². The maximum Gasteiger partial charge on any atom is 0.348 e. The van der Waals surface area contributed by atoms with Crippen molar-refractivity contribution in [1.82, 2.24) is 0 Å². The van der Waals surface area contributed by atoms with E-state index in [4.69, 9.17) is 4.74 Å². The number of carbonyl (C=O) groups excluding carboxylic acids is 1. The molecule has 0 bridgehead atoms. The van der Waals surface area contributed by atoms with Crippen molar-refractivity contribution in [3.8, 4) is 0 Å². The monoisotopic (exact) mass is 224 g/mol. The second-order valence-electron chi connectivity index (χ2n) is 4.57. The molecular weight excluding hydrogens is 208 g/mol. The average Bonchev–Trinajstić information content (AvgIpc) is 2.68. The van der Waals surface area contributed by atoms with Crippen LogP contribution in [0.5, 0.6) is 0 Å². The minimum Gasteiger partial charge on any atom is -0.462 e. The lowest BCUT2D eigenvalue weighted by atomic mass is 9.93. The van der Waals surface area contributed by atoms with Crippen molar-refractivity contribution in [2.24, 2.45) is 0 Å². The zero-order chi connectivity index (χ0) is 11.1. The van der Waals surface area contributed by atoms with E-state index in [-0.39, 0.29) is 11.4 Å². The van der Waals surface area contributed by atoms with Gasteiger partial charge in [0.05, 0.1) is 6.61 Å². The Morgan fingerprint density at radius 3 is 2.93 bits per heavy atom. The first kappa shape index (κ1) is 10.7. The molecule has 1 heterocycles. The van der Waals surface area contributed by atoms with Crippen molar-refractivity contribution in [1.29, 1.82) is 0 Å². The van der Waals surface area contributed by atoms with Crippen LogP contribution in [-0.4, -0.2) is 12.6 Å². The molecular formula is C12H16O2S. The van der Waals surface area contributed by atoms with E-state index in [0.29, 0.717) is 6.61 Å². The van der Waals surface area contributed by atoms with Gasteiger partial charge in [0, 0.05) is 4.88 Å². The van der Waals surface area contributed by atoms with Crippen molar-refractivity contribution in [3.63, 3.8) is 0 Å². The Hall–Kier alpha value is -0.830. The van der Waals surface area contributed by atoms with Crippen LogP contribution in [0.1, 0.15) is 47.3 Å². The first-order valence-corrected chi connectivity index (χ1v) is 6.16. The molecule has 15 heavy (non-hydrogen) atoms. The summed E-state index contributed by atoms with van der Waals surface area (Å²) in [7, 11) is 0. The molecule has 0 spiro atoms. The molecule has 0 amide bonds. The molecule has 1 aliphatic carbocycles. The van der Waals surface area contributed by atoms with Gasteiger partial charge in [-0.15, -0.1) is 11.3 Å². The Morgan fingerprint density at radius 1 is 1.60 bits per heavy atom. The lowest BCUT2D eigenvalue weighted by Gasteiger charge is -2.16. The molecule has 2 nitrogen and oxygen atoms in total. The van der Waals surface area contributed by atoms with E-state index in [1.54, 1.807) is 11.3 Å². The number of esters is 1. The molecule has 0 saturated heterocycles. The highest BCUT2D eigenvalue weighted by Crippen LogP contribution is 2.43. The van der Waals surface area contributed by atoms with Crippen LogP contribution in [0.2, 0.25) is 0 Å². The fourth-order valence-electron chi connectivity index (χ4n) is 2.05. The van der Waals surface area contributed by atoms with Gasteiger partial charge in [-0.3, -0.25) is 0 Å². The van der Waals surface area contributed by atoms with Crippen LogP contribution in [-0.2, 0) is 16.6 Å². The molecule has 1 aliphatic rings. The smallest absolute Gasteiger partial charge is 0.348 e. The highest BCUT2D eigenvalue weighted by molar-refractivity contribution is 7.14. The van der Waals surface area contributed by atoms with Crippen molar-refractivity contribution in [2.75, 3.05) is 6.61 Å². The molecule has 82 valence electrons. The van der Waals surface area contributed by atoms with Crippen molar-refractivity contribution >= 4 is 17.3 Å².